The van der Waals surface area contributed by atoms with Gasteiger partial charge in [0, 0.05) is 29.4 Å². The second kappa shape index (κ2) is 2.63. The Morgan fingerprint density at radius 3 is 3.08 bits per heavy atom. The largest absolute Gasteiger partial charge is 0.384 e. The molecule has 0 amide bonds. The number of rotatable bonds is 0. The number of aryl methyl sites for hydroxylation is 1. The van der Waals surface area contributed by atoms with E-state index in [1.165, 1.54) is 10.4 Å². The second-order valence-corrected chi connectivity index (χ2v) is 3.22. The van der Waals surface area contributed by atoms with Crippen LogP contribution in [0.3, 0.4) is 0 Å². The number of nitrogens with zero attached hydrogens (tertiary/aromatic N) is 1. The van der Waals surface area contributed by atoms with E-state index in [0.717, 1.165) is 5.69 Å². The molecular weight excluding hydrogens is 148 g/mol. The lowest BCUT2D eigenvalue weighted by atomic mass is 10.2. The molecule has 0 aromatic carbocycles. The average Bonchev–Trinajstić information content (AvgIpc) is 2.05. The van der Waals surface area contributed by atoms with E-state index in [4.69, 9.17) is 0 Å². The summed E-state index contributed by atoms with van der Waals surface area (Å²) in [6.07, 6.45) is 6.16. The zero-order valence-corrected chi connectivity index (χ0v) is 7.33. The maximum atomic E-state index is 4.25. The van der Waals surface area contributed by atoms with Gasteiger partial charge < -0.3 is 5.32 Å². The molecule has 1 N–H and O–H groups in total. The standard InChI is InChI=1S/C10H12N2/c1-7-3-9-6-12-8(2)4-10(9)5-11-7/h3-7,11H,1-2H3. The van der Waals surface area contributed by atoms with Crippen molar-refractivity contribution in [2.24, 2.45) is 0 Å². The summed E-state index contributed by atoms with van der Waals surface area (Å²) in [5, 5.41) is 5.72. The van der Waals surface area contributed by atoms with Crippen LogP contribution in [0.5, 0.6) is 0 Å². The molecular formula is C10H12N2. The van der Waals surface area contributed by atoms with Crippen molar-refractivity contribution in [1.82, 2.24) is 10.3 Å². The van der Waals surface area contributed by atoms with E-state index >= 15 is 0 Å². The fourth-order valence-corrected chi connectivity index (χ4v) is 1.39. The molecule has 1 aromatic heterocycles. The van der Waals surface area contributed by atoms with Crippen molar-refractivity contribution < 1.29 is 0 Å². The molecule has 0 fully saturated rings. The molecule has 0 aliphatic carbocycles. The number of aromatic nitrogens is 1. The SMILES string of the molecule is Cc1cc2c(cn1)=CC(C)NC=2. The Bertz CT molecular complexity index is 406. The first-order chi connectivity index (χ1) is 5.75. The number of nitrogens with one attached hydrogen (secondary N) is 1. The second-order valence-electron chi connectivity index (χ2n) is 3.22. The molecule has 0 saturated carbocycles. The van der Waals surface area contributed by atoms with Crippen molar-refractivity contribution in [2.45, 2.75) is 19.9 Å². The van der Waals surface area contributed by atoms with Gasteiger partial charge in [-0.25, -0.2) is 0 Å². The van der Waals surface area contributed by atoms with E-state index < -0.39 is 0 Å². The minimum Gasteiger partial charge on any atom is -0.384 e. The van der Waals surface area contributed by atoms with Crippen molar-refractivity contribution >= 4 is 12.3 Å². The van der Waals surface area contributed by atoms with Gasteiger partial charge in [0.25, 0.3) is 0 Å². The van der Waals surface area contributed by atoms with Gasteiger partial charge in [0.15, 0.2) is 0 Å². The number of hydrogen-bond acceptors (Lipinski definition) is 2. The third kappa shape index (κ3) is 1.20. The highest BCUT2D eigenvalue weighted by Gasteiger charge is 1.99. The van der Waals surface area contributed by atoms with Gasteiger partial charge in [-0.2, -0.15) is 0 Å². The predicted molar refractivity (Wildman–Crippen MR) is 49.8 cm³/mol. The van der Waals surface area contributed by atoms with E-state index in [0.29, 0.717) is 6.04 Å². The molecule has 2 rings (SSSR count). The number of fused-ring (bicyclic) bond motifs is 1. The number of hydrogen-bond donors (Lipinski definition) is 1. The Morgan fingerprint density at radius 1 is 1.42 bits per heavy atom. The van der Waals surface area contributed by atoms with E-state index in [2.05, 4.69) is 35.6 Å². The smallest absolute Gasteiger partial charge is 0.0420 e. The van der Waals surface area contributed by atoms with Crippen molar-refractivity contribution in [3.05, 3.63) is 28.4 Å². The van der Waals surface area contributed by atoms with Gasteiger partial charge in [-0.15, -0.1) is 0 Å². The first-order valence-corrected chi connectivity index (χ1v) is 4.16. The van der Waals surface area contributed by atoms with Crippen LogP contribution in [0, 0.1) is 6.92 Å². The highest BCUT2D eigenvalue weighted by atomic mass is 14.9. The molecule has 12 heavy (non-hydrogen) atoms. The van der Waals surface area contributed by atoms with Crippen LogP contribution in [-0.2, 0) is 0 Å². The first-order valence-electron chi connectivity index (χ1n) is 4.16. The van der Waals surface area contributed by atoms with Gasteiger partial charge in [-0.05, 0) is 25.1 Å². The summed E-state index contributed by atoms with van der Waals surface area (Å²) in [7, 11) is 0. The summed E-state index contributed by atoms with van der Waals surface area (Å²) < 4.78 is 0. The molecule has 62 valence electrons. The van der Waals surface area contributed by atoms with E-state index in [-0.39, 0.29) is 0 Å². The lowest BCUT2D eigenvalue weighted by molar-refractivity contribution is 0.825. The Kier molecular flexibility index (Phi) is 1.61. The van der Waals surface area contributed by atoms with Gasteiger partial charge >= 0.3 is 0 Å². The minimum absolute atomic E-state index is 0.419. The third-order valence-corrected chi connectivity index (χ3v) is 2.04. The molecule has 2 heterocycles. The molecule has 0 saturated heterocycles. The van der Waals surface area contributed by atoms with Gasteiger partial charge in [0.2, 0.25) is 0 Å². The maximum absolute atomic E-state index is 4.25. The van der Waals surface area contributed by atoms with E-state index in [9.17, 15) is 0 Å². The van der Waals surface area contributed by atoms with Gasteiger partial charge in [0.1, 0.15) is 0 Å². The summed E-state index contributed by atoms with van der Waals surface area (Å²) >= 11 is 0. The summed E-state index contributed by atoms with van der Waals surface area (Å²) in [5.74, 6) is 0. The quantitative estimate of drug-likeness (QED) is 0.573. The molecule has 1 unspecified atom stereocenters. The summed E-state index contributed by atoms with van der Waals surface area (Å²) in [5.41, 5.74) is 1.06. The monoisotopic (exact) mass is 160 g/mol. The van der Waals surface area contributed by atoms with Crippen LogP contribution in [0.4, 0.5) is 0 Å². The predicted octanol–water partition coefficient (Wildman–Crippen LogP) is -0.0998. The maximum Gasteiger partial charge on any atom is 0.0420 e. The molecule has 1 aromatic rings. The highest BCUT2D eigenvalue weighted by molar-refractivity contribution is 5.40. The van der Waals surface area contributed by atoms with Gasteiger partial charge in [-0.1, -0.05) is 6.08 Å². The van der Waals surface area contributed by atoms with Gasteiger partial charge in [0.05, 0.1) is 0 Å². The van der Waals surface area contributed by atoms with Crippen LogP contribution in [0.2, 0.25) is 0 Å². The fraction of sp³-hybridized carbons (Fsp3) is 0.300. The van der Waals surface area contributed by atoms with Crippen LogP contribution in [0.15, 0.2) is 12.3 Å². The molecule has 0 bridgehead atoms. The Morgan fingerprint density at radius 2 is 2.25 bits per heavy atom. The molecule has 2 heteroatoms. The van der Waals surface area contributed by atoms with Crippen LogP contribution in [-0.4, -0.2) is 11.0 Å². The molecule has 1 aliphatic heterocycles. The van der Waals surface area contributed by atoms with Crippen LogP contribution >= 0.6 is 0 Å². The molecule has 0 spiro atoms. The number of pyridine rings is 1. The normalized spacial score (nSPS) is 20.0. The van der Waals surface area contributed by atoms with Crippen LogP contribution in [0.1, 0.15) is 12.6 Å². The average molecular weight is 160 g/mol. The third-order valence-electron chi connectivity index (χ3n) is 2.04. The summed E-state index contributed by atoms with van der Waals surface area (Å²) in [4.78, 5) is 4.25. The van der Waals surface area contributed by atoms with Crippen molar-refractivity contribution in [2.75, 3.05) is 0 Å². The van der Waals surface area contributed by atoms with Crippen molar-refractivity contribution in [3.63, 3.8) is 0 Å². The molecule has 2 nitrogen and oxygen atoms in total. The molecule has 0 radical (unpaired) electrons. The topological polar surface area (TPSA) is 24.9 Å². The minimum atomic E-state index is 0.419. The molecule has 1 atom stereocenters. The zero-order chi connectivity index (χ0) is 8.55. The molecule has 1 aliphatic rings. The highest BCUT2D eigenvalue weighted by Crippen LogP contribution is 1.87. The lowest BCUT2D eigenvalue weighted by Crippen LogP contribution is -2.37. The Labute approximate surface area is 71.6 Å². The van der Waals surface area contributed by atoms with E-state index in [1.807, 2.05) is 13.1 Å². The lowest BCUT2D eigenvalue weighted by Gasteiger charge is -2.10. The van der Waals surface area contributed by atoms with Crippen molar-refractivity contribution in [3.8, 4) is 0 Å². The zero-order valence-electron chi connectivity index (χ0n) is 7.33. The van der Waals surface area contributed by atoms with Crippen LogP contribution < -0.4 is 15.8 Å². The Balaban J connectivity index is 2.71. The van der Waals surface area contributed by atoms with Crippen LogP contribution in [0.25, 0.3) is 12.3 Å². The first kappa shape index (κ1) is 7.35. The van der Waals surface area contributed by atoms with Gasteiger partial charge in [-0.3, -0.25) is 4.98 Å². The van der Waals surface area contributed by atoms with Crippen molar-refractivity contribution in [1.29, 1.82) is 0 Å². The van der Waals surface area contributed by atoms with E-state index in [1.54, 1.807) is 0 Å². The fourth-order valence-electron chi connectivity index (χ4n) is 1.39. The summed E-state index contributed by atoms with van der Waals surface area (Å²) in [6, 6.07) is 2.51. The summed E-state index contributed by atoms with van der Waals surface area (Å²) in [6.45, 7) is 4.13. The Hall–Kier alpha value is -1.31.